The van der Waals surface area contributed by atoms with Gasteiger partial charge in [-0.05, 0) is 55.5 Å². The van der Waals surface area contributed by atoms with Gasteiger partial charge >= 0.3 is 0 Å². The maximum Gasteiger partial charge on any atom is 0.251 e. The zero-order valence-electron chi connectivity index (χ0n) is 11.3. The van der Waals surface area contributed by atoms with Gasteiger partial charge in [-0.2, -0.15) is 0 Å². The molecule has 3 rings (SSSR count). The van der Waals surface area contributed by atoms with Crippen LogP contribution in [0.25, 0.3) is 0 Å². The summed E-state index contributed by atoms with van der Waals surface area (Å²) in [7, 11) is 0. The van der Waals surface area contributed by atoms with E-state index >= 15 is 0 Å². The van der Waals surface area contributed by atoms with Crippen LogP contribution in [0.3, 0.4) is 0 Å². The van der Waals surface area contributed by atoms with Gasteiger partial charge in [0.2, 0.25) is 0 Å². The Kier molecular flexibility index (Phi) is 3.94. The molecule has 1 aromatic heterocycles. The highest BCUT2D eigenvalue weighted by Gasteiger charge is 2.15. The van der Waals surface area contributed by atoms with Crippen LogP contribution in [0.5, 0.6) is 0 Å². The standard InChI is InChI=1S/C16H16BrNOS/c1-10-5-6-12(8-14(10)17)16(19)18-9-13-7-11-3-2-4-15(11)20-13/h5-8H,2-4,9H2,1H3,(H,18,19). The Hall–Kier alpha value is -1.13. The first-order chi connectivity index (χ1) is 9.63. The first kappa shape index (κ1) is 13.8. The number of thiophene rings is 1. The van der Waals surface area contributed by atoms with Crippen molar-refractivity contribution in [1.82, 2.24) is 5.32 Å². The van der Waals surface area contributed by atoms with E-state index in [0.29, 0.717) is 12.1 Å². The number of benzene rings is 1. The van der Waals surface area contributed by atoms with Gasteiger partial charge < -0.3 is 5.32 Å². The SMILES string of the molecule is Cc1ccc(C(=O)NCc2cc3c(s2)CCC3)cc1Br. The molecule has 1 aliphatic carbocycles. The van der Waals surface area contributed by atoms with Crippen molar-refractivity contribution in [1.29, 1.82) is 0 Å². The number of nitrogens with one attached hydrogen (secondary N) is 1. The van der Waals surface area contributed by atoms with E-state index in [4.69, 9.17) is 0 Å². The topological polar surface area (TPSA) is 29.1 Å². The van der Waals surface area contributed by atoms with Crippen molar-refractivity contribution in [2.24, 2.45) is 0 Å². The number of amides is 1. The number of fused-ring (bicyclic) bond motifs is 1. The fraction of sp³-hybridized carbons (Fsp3) is 0.312. The van der Waals surface area contributed by atoms with Gasteiger partial charge in [0.25, 0.3) is 5.91 Å². The Bertz CT molecular complexity index is 641. The Morgan fingerprint density at radius 3 is 2.95 bits per heavy atom. The van der Waals surface area contributed by atoms with Crippen molar-refractivity contribution in [3.63, 3.8) is 0 Å². The second kappa shape index (κ2) is 5.70. The van der Waals surface area contributed by atoms with Crippen LogP contribution < -0.4 is 5.32 Å². The second-order valence-electron chi connectivity index (χ2n) is 5.16. The first-order valence-corrected chi connectivity index (χ1v) is 8.39. The zero-order chi connectivity index (χ0) is 14.1. The molecule has 1 heterocycles. The molecule has 4 heteroatoms. The molecular formula is C16H16BrNOS. The van der Waals surface area contributed by atoms with Crippen LogP contribution in [-0.4, -0.2) is 5.91 Å². The monoisotopic (exact) mass is 349 g/mol. The van der Waals surface area contributed by atoms with Crippen molar-refractivity contribution >= 4 is 33.2 Å². The van der Waals surface area contributed by atoms with Gasteiger partial charge in [-0.25, -0.2) is 0 Å². The molecule has 0 fully saturated rings. The first-order valence-electron chi connectivity index (χ1n) is 6.78. The van der Waals surface area contributed by atoms with Gasteiger partial charge in [0, 0.05) is 19.8 Å². The molecule has 0 bridgehead atoms. The van der Waals surface area contributed by atoms with Gasteiger partial charge in [-0.15, -0.1) is 11.3 Å². The highest BCUT2D eigenvalue weighted by atomic mass is 79.9. The van der Waals surface area contributed by atoms with Crippen LogP contribution in [0.1, 0.15) is 37.7 Å². The van der Waals surface area contributed by atoms with Crippen molar-refractivity contribution in [2.75, 3.05) is 0 Å². The highest BCUT2D eigenvalue weighted by Crippen LogP contribution is 2.30. The van der Waals surface area contributed by atoms with E-state index in [0.717, 1.165) is 10.0 Å². The van der Waals surface area contributed by atoms with Crippen LogP contribution in [0.2, 0.25) is 0 Å². The number of rotatable bonds is 3. The normalized spacial score (nSPS) is 13.3. The summed E-state index contributed by atoms with van der Waals surface area (Å²) in [5, 5.41) is 3.00. The molecule has 0 saturated carbocycles. The Balaban J connectivity index is 1.65. The smallest absolute Gasteiger partial charge is 0.251 e. The number of halogens is 1. The summed E-state index contributed by atoms with van der Waals surface area (Å²) < 4.78 is 0.972. The largest absolute Gasteiger partial charge is 0.347 e. The van der Waals surface area contributed by atoms with Gasteiger partial charge in [-0.1, -0.05) is 22.0 Å². The van der Waals surface area contributed by atoms with Crippen molar-refractivity contribution in [2.45, 2.75) is 32.7 Å². The molecule has 20 heavy (non-hydrogen) atoms. The van der Waals surface area contributed by atoms with Crippen molar-refractivity contribution < 1.29 is 4.79 Å². The molecule has 2 nitrogen and oxygen atoms in total. The lowest BCUT2D eigenvalue weighted by molar-refractivity contribution is 0.0951. The third-order valence-corrected chi connectivity index (χ3v) is 5.75. The van der Waals surface area contributed by atoms with E-state index in [2.05, 4.69) is 27.3 Å². The number of carbonyl (C=O) groups is 1. The fourth-order valence-corrected chi connectivity index (χ4v) is 4.06. The minimum atomic E-state index is -0.0146. The van der Waals surface area contributed by atoms with E-state index in [1.165, 1.54) is 34.6 Å². The van der Waals surface area contributed by atoms with Crippen LogP contribution in [0.4, 0.5) is 0 Å². The number of aryl methyl sites for hydroxylation is 3. The Morgan fingerprint density at radius 1 is 1.35 bits per heavy atom. The summed E-state index contributed by atoms with van der Waals surface area (Å²) in [6.45, 7) is 2.64. The van der Waals surface area contributed by atoms with Crippen LogP contribution in [0.15, 0.2) is 28.7 Å². The molecule has 0 atom stereocenters. The van der Waals surface area contributed by atoms with Gasteiger partial charge in [0.05, 0.1) is 6.54 Å². The van der Waals surface area contributed by atoms with Crippen LogP contribution in [-0.2, 0) is 19.4 Å². The summed E-state index contributed by atoms with van der Waals surface area (Å²) >= 11 is 5.30. The average Bonchev–Trinajstić information content (AvgIpc) is 3.00. The molecule has 1 aromatic carbocycles. The minimum Gasteiger partial charge on any atom is -0.347 e. The zero-order valence-corrected chi connectivity index (χ0v) is 13.7. The predicted molar refractivity (Wildman–Crippen MR) is 86.4 cm³/mol. The summed E-state index contributed by atoms with van der Waals surface area (Å²) in [6, 6.07) is 7.94. The minimum absolute atomic E-state index is 0.0146. The predicted octanol–water partition coefficient (Wildman–Crippen LogP) is 4.24. The van der Waals surface area contributed by atoms with E-state index in [9.17, 15) is 4.79 Å². The van der Waals surface area contributed by atoms with Gasteiger partial charge in [0.15, 0.2) is 0 Å². The third kappa shape index (κ3) is 2.81. The molecule has 1 amide bonds. The maximum atomic E-state index is 12.1. The molecule has 104 valence electrons. The van der Waals surface area contributed by atoms with Crippen LogP contribution >= 0.6 is 27.3 Å². The fourth-order valence-electron chi connectivity index (χ4n) is 2.48. The lowest BCUT2D eigenvalue weighted by atomic mass is 10.1. The molecule has 0 spiro atoms. The molecule has 0 radical (unpaired) electrons. The quantitative estimate of drug-likeness (QED) is 0.882. The Labute approximate surface area is 131 Å². The molecular weight excluding hydrogens is 334 g/mol. The van der Waals surface area contributed by atoms with Gasteiger partial charge in [0.1, 0.15) is 0 Å². The van der Waals surface area contributed by atoms with E-state index in [1.807, 2.05) is 36.5 Å². The molecule has 0 saturated heterocycles. The highest BCUT2D eigenvalue weighted by molar-refractivity contribution is 9.10. The molecule has 2 aromatic rings. The summed E-state index contributed by atoms with van der Waals surface area (Å²) in [6.07, 6.45) is 3.69. The van der Waals surface area contributed by atoms with Crippen molar-refractivity contribution in [3.8, 4) is 0 Å². The van der Waals surface area contributed by atoms with E-state index in [-0.39, 0.29) is 5.91 Å². The van der Waals surface area contributed by atoms with Crippen LogP contribution in [0, 0.1) is 6.92 Å². The summed E-state index contributed by atoms with van der Waals surface area (Å²) in [4.78, 5) is 14.9. The maximum absolute atomic E-state index is 12.1. The molecule has 1 N–H and O–H groups in total. The molecule has 0 aliphatic heterocycles. The van der Waals surface area contributed by atoms with E-state index < -0.39 is 0 Å². The average molecular weight is 350 g/mol. The second-order valence-corrected chi connectivity index (χ2v) is 7.24. The van der Waals surface area contributed by atoms with Gasteiger partial charge in [-0.3, -0.25) is 4.79 Å². The summed E-state index contributed by atoms with van der Waals surface area (Å²) in [5.41, 5.74) is 3.32. The molecule has 0 unspecified atom stereocenters. The third-order valence-electron chi connectivity index (χ3n) is 3.65. The number of carbonyl (C=O) groups excluding carboxylic acids is 1. The summed E-state index contributed by atoms with van der Waals surface area (Å²) in [5.74, 6) is -0.0146. The van der Waals surface area contributed by atoms with Crippen molar-refractivity contribution in [3.05, 3.63) is 55.2 Å². The van der Waals surface area contributed by atoms with E-state index in [1.54, 1.807) is 0 Å². The lowest BCUT2D eigenvalue weighted by Crippen LogP contribution is -2.22. The number of hydrogen-bond donors (Lipinski definition) is 1. The Morgan fingerprint density at radius 2 is 2.20 bits per heavy atom. The molecule has 1 aliphatic rings. The lowest BCUT2D eigenvalue weighted by Gasteiger charge is -2.05. The number of hydrogen-bond acceptors (Lipinski definition) is 2.